The third-order valence-corrected chi connectivity index (χ3v) is 9.50. The van der Waals surface area contributed by atoms with Crippen LogP contribution in [0.5, 0.6) is 0 Å². The van der Waals surface area contributed by atoms with Gasteiger partial charge in [-0.15, -0.1) is 0 Å². The van der Waals surface area contributed by atoms with E-state index >= 15 is 0 Å². The lowest BCUT2D eigenvalue weighted by atomic mass is 9.85. The Labute approximate surface area is 215 Å². The van der Waals surface area contributed by atoms with E-state index in [0.29, 0.717) is 17.0 Å². The summed E-state index contributed by atoms with van der Waals surface area (Å²) in [6.07, 6.45) is 2.04. The van der Waals surface area contributed by atoms with Crippen LogP contribution in [-0.2, 0) is 32.5 Å². The first-order valence-electron chi connectivity index (χ1n) is 12.7. The lowest BCUT2D eigenvalue weighted by Gasteiger charge is -2.33. The van der Waals surface area contributed by atoms with Crippen molar-refractivity contribution in [3.05, 3.63) is 64.5 Å². The maximum atomic E-state index is 14.6. The molecule has 3 aliphatic heterocycles. The molecule has 2 aromatic carbocycles. The number of amides is 3. The summed E-state index contributed by atoms with van der Waals surface area (Å²) < 4.78 is 38.7. The summed E-state index contributed by atoms with van der Waals surface area (Å²) in [5.41, 5.74) is 2.95. The monoisotopic (exact) mass is 527 g/mol. The van der Waals surface area contributed by atoms with Crippen LogP contribution in [0.3, 0.4) is 0 Å². The maximum absolute atomic E-state index is 14.6. The van der Waals surface area contributed by atoms with E-state index in [4.69, 9.17) is 0 Å². The molecule has 3 amide bonds. The Bertz CT molecular complexity index is 1350. The number of benzene rings is 2. The normalized spacial score (nSPS) is 21.3. The van der Waals surface area contributed by atoms with E-state index in [1.54, 1.807) is 19.1 Å². The number of likely N-dealkylation sites (tertiary alicyclic amines) is 1. The number of halogens is 1. The number of hydrogen-bond donors (Lipinski definition) is 1. The Morgan fingerprint density at radius 1 is 1.03 bits per heavy atom. The van der Waals surface area contributed by atoms with Gasteiger partial charge in [0.15, 0.2) is 9.84 Å². The second kappa shape index (κ2) is 9.98. The van der Waals surface area contributed by atoms with Crippen LogP contribution in [0.15, 0.2) is 41.3 Å². The van der Waals surface area contributed by atoms with Crippen molar-refractivity contribution in [2.75, 3.05) is 18.8 Å². The van der Waals surface area contributed by atoms with Gasteiger partial charge in [0.05, 0.1) is 10.6 Å². The highest BCUT2D eigenvalue weighted by Gasteiger charge is 2.41. The molecule has 2 saturated heterocycles. The van der Waals surface area contributed by atoms with Gasteiger partial charge in [-0.25, -0.2) is 12.8 Å². The molecule has 3 heterocycles. The number of carbonyl (C=O) groups is 3. The van der Waals surface area contributed by atoms with Crippen molar-refractivity contribution in [1.29, 1.82) is 0 Å². The molecule has 0 spiro atoms. The highest BCUT2D eigenvalue weighted by atomic mass is 32.2. The molecular weight excluding hydrogens is 497 g/mol. The van der Waals surface area contributed by atoms with Crippen molar-refractivity contribution < 1.29 is 27.2 Å². The first-order chi connectivity index (χ1) is 17.7. The summed E-state index contributed by atoms with van der Waals surface area (Å²) in [5, 5.41) is 2.30. The Morgan fingerprint density at radius 2 is 1.73 bits per heavy atom. The van der Waals surface area contributed by atoms with Crippen molar-refractivity contribution in [3.63, 3.8) is 0 Å². The van der Waals surface area contributed by atoms with Crippen molar-refractivity contribution in [2.45, 2.75) is 62.6 Å². The SMILES string of the molecule is CCS(=O)(=O)c1ccc(CN2CCC(c3cc(F)cc4c3CN(C3CCC(=O)NC3=O)C4=O)CC2)cc1. The van der Waals surface area contributed by atoms with Gasteiger partial charge in [0.25, 0.3) is 5.91 Å². The number of sulfone groups is 1. The molecule has 5 rings (SSSR count). The topological polar surface area (TPSA) is 104 Å². The molecule has 37 heavy (non-hydrogen) atoms. The third kappa shape index (κ3) is 5.04. The predicted octanol–water partition coefficient (Wildman–Crippen LogP) is 2.76. The molecular formula is C27H30FN3O5S. The third-order valence-electron chi connectivity index (χ3n) is 7.75. The Hall–Kier alpha value is -3.11. The van der Waals surface area contributed by atoms with Gasteiger partial charge in [0.1, 0.15) is 11.9 Å². The highest BCUT2D eigenvalue weighted by molar-refractivity contribution is 7.91. The van der Waals surface area contributed by atoms with Gasteiger partial charge in [-0.2, -0.15) is 0 Å². The smallest absolute Gasteiger partial charge is 0.255 e. The molecule has 0 bridgehead atoms. The molecule has 2 aromatic rings. The quantitative estimate of drug-likeness (QED) is 0.580. The van der Waals surface area contributed by atoms with E-state index < -0.39 is 27.6 Å². The maximum Gasteiger partial charge on any atom is 0.255 e. The summed E-state index contributed by atoms with van der Waals surface area (Å²) in [5.74, 6) is -1.49. The Kier molecular flexibility index (Phi) is 6.89. The summed E-state index contributed by atoms with van der Waals surface area (Å²) in [6.45, 7) is 4.14. The number of rotatable bonds is 6. The number of fused-ring (bicyclic) bond motifs is 1. The lowest BCUT2D eigenvalue weighted by Crippen LogP contribution is -2.52. The molecule has 196 valence electrons. The standard InChI is InChI=1S/C27H30FN3O5S/c1-2-37(35,36)20-5-3-17(4-6-20)15-30-11-9-18(10-12-30)21-13-19(28)14-22-23(21)16-31(27(22)34)24-7-8-25(32)29-26(24)33/h3-6,13-14,18,24H,2,7-12,15-16H2,1H3,(H,29,32,33). The van der Waals surface area contributed by atoms with Gasteiger partial charge < -0.3 is 4.90 Å². The van der Waals surface area contributed by atoms with Crippen molar-refractivity contribution in [2.24, 2.45) is 0 Å². The van der Waals surface area contributed by atoms with Crippen LogP contribution in [0.2, 0.25) is 0 Å². The van der Waals surface area contributed by atoms with Gasteiger partial charge in [-0.05, 0) is 79.2 Å². The van der Waals surface area contributed by atoms with Crippen LogP contribution in [0, 0.1) is 5.82 Å². The van der Waals surface area contributed by atoms with Crippen LogP contribution < -0.4 is 5.32 Å². The molecule has 0 aliphatic carbocycles. The van der Waals surface area contributed by atoms with Gasteiger partial charge in [0.2, 0.25) is 11.8 Å². The first kappa shape index (κ1) is 25.5. The lowest BCUT2D eigenvalue weighted by molar-refractivity contribution is -0.136. The molecule has 1 N–H and O–H groups in total. The van der Waals surface area contributed by atoms with E-state index in [1.165, 1.54) is 17.0 Å². The average Bonchev–Trinajstić information content (AvgIpc) is 3.20. The molecule has 0 aromatic heterocycles. The Morgan fingerprint density at radius 3 is 2.38 bits per heavy atom. The zero-order chi connectivity index (χ0) is 26.3. The average molecular weight is 528 g/mol. The van der Waals surface area contributed by atoms with Gasteiger partial charge >= 0.3 is 0 Å². The number of piperidine rings is 2. The minimum atomic E-state index is -3.22. The number of nitrogens with zero attached hydrogens (tertiary/aromatic N) is 2. The molecule has 10 heteroatoms. The largest absolute Gasteiger partial charge is 0.322 e. The summed E-state index contributed by atoms with van der Waals surface area (Å²) in [7, 11) is -3.22. The van der Waals surface area contributed by atoms with Gasteiger partial charge in [-0.3, -0.25) is 24.6 Å². The van der Waals surface area contributed by atoms with E-state index in [-0.39, 0.29) is 42.9 Å². The fourth-order valence-corrected chi connectivity index (χ4v) is 6.53. The van der Waals surface area contributed by atoms with E-state index in [0.717, 1.165) is 42.6 Å². The zero-order valence-electron chi connectivity index (χ0n) is 20.7. The Balaban J connectivity index is 1.27. The van der Waals surface area contributed by atoms with Crippen molar-refractivity contribution in [3.8, 4) is 0 Å². The van der Waals surface area contributed by atoms with Crippen LogP contribution in [0.25, 0.3) is 0 Å². The van der Waals surface area contributed by atoms with Crippen molar-refractivity contribution in [1.82, 2.24) is 15.1 Å². The number of hydrogen-bond acceptors (Lipinski definition) is 6. The first-order valence-corrected chi connectivity index (χ1v) is 14.3. The summed E-state index contributed by atoms with van der Waals surface area (Å²) >= 11 is 0. The molecule has 0 saturated carbocycles. The van der Waals surface area contributed by atoms with E-state index in [9.17, 15) is 27.2 Å². The van der Waals surface area contributed by atoms with E-state index in [2.05, 4.69) is 10.2 Å². The summed E-state index contributed by atoms with van der Waals surface area (Å²) in [4.78, 5) is 41.1. The zero-order valence-corrected chi connectivity index (χ0v) is 21.5. The minimum Gasteiger partial charge on any atom is -0.322 e. The van der Waals surface area contributed by atoms with Crippen LogP contribution >= 0.6 is 0 Å². The molecule has 0 radical (unpaired) electrons. The summed E-state index contributed by atoms with van der Waals surface area (Å²) in [6, 6.07) is 9.06. The number of carbonyl (C=O) groups excluding carboxylic acids is 3. The highest BCUT2D eigenvalue weighted by Crippen LogP contribution is 2.38. The molecule has 1 unspecified atom stereocenters. The fourth-order valence-electron chi connectivity index (χ4n) is 5.65. The fraction of sp³-hybridized carbons (Fsp3) is 0.444. The predicted molar refractivity (Wildman–Crippen MR) is 134 cm³/mol. The molecule has 1 atom stereocenters. The van der Waals surface area contributed by atoms with E-state index in [1.807, 2.05) is 12.1 Å². The van der Waals surface area contributed by atoms with Crippen LogP contribution in [-0.4, -0.2) is 60.8 Å². The number of nitrogens with one attached hydrogen (secondary N) is 1. The molecule has 2 fully saturated rings. The van der Waals surface area contributed by atoms with Gasteiger partial charge in [0, 0.05) is 25.1 Å². The molecule has 3 aliphatic rings. The molecule has 8 nitrogen and oxygen atoms in total. The minimum absolute atomic E-state index is 0.0700. The second-order valence-corrected chi connectivity index (χ2v) is 12.3. The number of imide groups is 1. The van der Waals surface area contributed by atoms with Gasteiger partial charge in [-0.1, -0.05) is 19.1 Å². The second-order valence-electron chi connectivity index (χ2n) is 10.0. The van der Waals surface area contributed by atoms with Crippen LogP contribution in [0.4, 0.5) is 4.39 Å². The van der Waals surface area contributed by atoms with Crippen LogP contribution in [0.1, 0.15) is 65.6 Å². The van der Waals surface area contributed by atoms with Crippen molar-refractivity contribution >= 4 is 27.6 Å².